The van der Waals surface area contributed by atoms with Crippen LogP contribution in [0.5, 0.6) is 11.5 Å². The van der Waals surface area contributed by atoms with Crippen LogP contribution in [0.25, 0.3) is 0 Å². The van der Waals surface area contributed by atoms with Crippen molar-refractivity contribution >= 4 is 15.9 Å². The maximum Gasteiger partial charge on any atom is 0.166 e. The first-order chi connectivity index (χ1) is 6.07. The van der Waals surface area contributed by atoms with Crippen molar-refractivity contribution in [1.29, 1.82) is 0 Å². The molecule has 0 aromatic heterocycles. The Kier molecular flexibility index (Phi) is 3.17. The fraction of sp³-hybridized carbons (Fsp3) is 0.333. The van der Waals surface area contributed by atoms with Gasteiger partial charge in [-0.25, -0.2) is 0 Å². The van der Waals surface area contributed by atoms with Gasteiger partial charge in [-0.2, -0.15) is 0 Å². The van der Waals surface area contributed by atoms with Crippen molar-refractivity contribution in [2.75, 3.05) is 7.11 Å². The van der Waals surface area contributed by atoms with Crippen LogP contribution in [0.2, 0.25) is 0 Å². The van der Waals surface area contributed by atoms with Crippen molar-refractivity contribution in [1.82, 2.24) is 0 Å². The number of halogens is 1. The molecule has 4 heteroatoms. The summed E-state index contributed by atoms with van der Waals surface area (Å²) in [5, 5.41) is 9.46. The van der Waals surface area contributed by atoms with Crippen LogP contribution < -0.4 is 10.5 Å². The van der Waals surface area contributed by atoms with Crippen molar-refractivity contribution in [2.45, 2.75) is 13.0 Å². The molecule has 1 aromatic carbocycles. The second-order valence-electron chi connectivity index (χ2n) is 2.80. The second kappa shape index (κ2) is 3.98. The van der Waals surface area contributed by atoms with Gasteiger partial charge >= 0.3 is 0 Å². The first kappa shape index (κ1) is 10.3. The minimum atomic E-state index is -0.184. The molecule has 13 heavy (non-hydrogen) atoms. The summed E-state index contributed by atoms with van der Waals surface area (Å²) in [6, 6.07) is 3.13. The van der Waals surface area contributed by atoms with Crippen LogP contribution in [0.1, 0.15) is 18.5 Å². The quantitative estimate of drug-likeness (QED) is 0.840. The second-order valence-corrected chi connectivity index (χ2v) is 3.66. The lowest BCUT2D eigenvalue weighted by molar-refractivity contribution is 0.366. The Morgan fingerprint density at radius 1 is 1.54 bits per heavy atom. The van der Waals surface area contributed by atoms with Gasteiger partial charge < -0.3 is 15.6 Å². The van der Waals surface area contributed by atoms with Gasteiger partial charge in [-0.15, -0.1) is 0 Å². The molecule has 1 atom stereocenters. The summed E-state index contributed by atoms with van der Waals surface area (Å²) in [6.45, 7) is 1.84. The highest BCUT2D eigenvalue weighted by Gasteiger charge is 2.15. The summed E-state index contributed by atoms with van der Waals surface area (Å²) >= 11 is 3.35. The number of phenols is 1. The van der Waals surface area contributed by atoms with Crippen molar-refractivity contribution in [3.63, 3.8) is 0 Å². The van der Waals surface area contributed by atoms with E-state index in [2.05, 4.69) is 15.9 Å². The maximum absolute atomic E-state index is 9.46. The zero-order chi connectivity index (χ0) is 10.0. The summed E-state index contributed by atoms with van der Waals surface area (Å²) in [7, 11) is 1.51. The normalized spacial score (nSPS) is 12.6. The SMILES string of the molecule is COc1c(O)ccc(Br)c1C(C)N. The molecule has 3 nitrogen and oxygen atoms in total. The predicted octanol–water partition coefficient (Wildman–Crippen LogP) is 2.18. The average molecular weight is 246 g/mol. The monoisotopic (exact) mass is 245 g/mol. The van der Waals surface area contributed by atoms with Crippen LogP contribution in [0.3, 0.4) is 0 Å². The minimum absolute atomic E-state index is 0.109. The Labute approximate surface area is 85.6 Å². The van der Waals surface area contributed by atoms with E-state index in [0.29, 0.717) is 5.75 Å². The Bertz CT molecular complexity index is 313. The molecule has 0 spiro atoms. The number of methoxy groups -OCH3 is 1. The molecule has 72 valence electrons. The number of hydrogen-bond acceptors (Lipinski definition) is 3. The fourth-order valence-corrected chi connectivity index (χ4v) is 1.88. The van der Waals surface area contributed by atoms with Gasteiger partial charge in [-0.05, 0) is 19.1 Å². The molecule has 1 unspecified atom stereocenters. The fourth-order valence-electron chi connectivity index (χ4n) is 1.20. The molecule has 0 saturated carbocycles. The molecule has 0 heterocycles. The summed E-state index contributed by atoms with van der Waals surface area (Å²) in [5.41, 5.74) is 6.52. The Morgan fingerprint density at radius 3 is 2.54 bits per heavy atom. The molecule has 0 fully saturated rings. The van der Waals surface area contributed by atoms with Crippen molar-refractivity contribution < 1.29 is 9.84 Å². The van der Waals surface area contributed by atoms with E-state index in [4.69, 9.17) is 10.5 Å². The number of ether oxygens (including phenoxy) is 1. The van der Waals surface area contributed by atoms with E-state index in [1.54, 1.807) is 12.1 Å². The first-order valence-electron chi connectivity index (χ1n) is 3.89. The molecule has 0 radical (unpaired) electrons. The summed E-state index contributed by atoms with van der Waals surface area (Å²) in [5.74, 6) is 0.544. The molecular formula is C9H12BrNO2. The van der Waals surface area contributed by atoms with E-state index in [1.165, 1.54) is 7.11 Å². The highest BCUT2D eigenvalue weighted by atomic mass is 79.9. The zero-order valence-corrected chi connectivity index (χ0v) is 9.13. The topological polar surface area (TPSA) is 55.5 Å². The van der Waals surface area contributed by atoms with Crippen molar-refractivity contribution in [3.05, 3.63) is 22.2 Å². The van der Waals surface area contributed by atoms with Gasteiger partial charge in [0, 0.05) is 16.1 Å². The summed E-state index contributed by atoms with van der Waals surface area (Å²) < 4.78 is 5.90. The Hall–Kier alpha value is -0.740. The molecule has 0 saturated heterocycles. The van der Waals surface area contributed by atoms with E-state index >= 15 is 0 Å². The average Bonchev–Trinajstić information content (AvgIpc) is 2.07. The first-order valence-corrected chi connectivity index (χ1v) is 4.68. The largest absolute Gasteiger partial charge is 0.504 e. The Morgan fingerprint density at radius 2 is 2.15 bits per heavy atom. The number of rotatable bonds is 2. The summed E-state index contributed by atoms with van der Waals surface area (Å²) in [4.78, 5) is 0. The van der Waals surface area contributed by atoms with Crippen LogP contribution in [0.15, 0.2) is 16.6 Å². The standard InChI is InChI=1S/C9H12BrNO2/c1-5(11)8-6(10)3-4-7(12)9(8)13-2/h3-5,12H,11H2,1-2H3. The van der Waals surface area contributed by atoms with E-state index < -0.39 is 0 Å². The Balaban J connectivity index is 3.35. The highest BCUT2D eigenvalue weighted by Crippen LogP contribution is 2.38. The van der Waals surface area contributed by atoms with Gasteiger partial charge in [-0.1, -0.05) is 15.9 Å². The molecule has 0 bridgehead atoms. The third-order valence-corrected chi connectivity index (χ3v) is 2.47. The molecular weight excluding hydrogens is 234 g/mol. The number of nitrogens with two attached hydrogens (primary N) is 1. The van der Waals surface area contributed by atoms with Crippen LogP contribution in [0, 0.1) is 0 Å². The van der Waals surface area contributed by atoms with E-state index in [1.807, 2.05) is 6.92 Å². The minimum Gasteiger partial charge on any atom is -0.504 e. The van der Waals surface area contributed by atoms with Gasteiger partial charge in [0.25, 0.3) is 0 Å². The molecule has 0 aliphatic carbocycles. The van der Waals surface area contributed by atoms with Gasteiger partial charge in [0.15, 0.2) is 11.5 Å². The van der Waals surface area contributed by atoms with Gasteiger partial charge in [-0.3, -0.25) is 0 Å². The van der Waals surface area contributed by atoms with Gasteiger partial charge in [0.05, 0.1) is 7.11 Å². The number of hydrogen-bond donors (Lipinski definition) is 2. The van der Waals surface area contributed by atoms with E-state index in [9.17, 15) is 5.11 Å². The lowest BCUT2D eigenvalue weighted by atomic mass is 10.1. The van der Waals surface area contributed by atoms with Crippen molar-refractivity contribution in [2.24, 2.45) is 5.73 Å². The van der Waals surface area contributed by atoms with Crippen LogP contribution >= 0.6 is 15.9 Å². The molecule has 1 rings (SSSR count). The van der Waals surface area contributed by atoms with Crippen molar-refractivity contribution in [3.8, 4) is 11.5 Å². The lowest BCUT2D eigenvalue weighted by Crippen LogP contribution is -2.07. The van der Waals surface area contributed by atoms with Crippen LogP contribution in [-0.4, -0.2) is 12.2 Å². The van der Waals surface area contributed by atoms with Gasteiger partial charge in [0.2, 0.25) is 0 Å². The number of benzene rings is 1. The van der Waals surface area contributed by atoms with Crippen LogP contribution in [0.4, 0.5) is 0 Å². The number of aromatic hydroxyl groups is 1. The molecule has 1 aromatic rings. The molecule has 3 N–H and O–H groups in total. The summed E-state index contributed by atoms with van der Waals surface area (Å²) in [6.07, 6.45) is 0. The highest BCUT2D eigenvalue weighted by molar-refractivity contribution is 9.10. The zero-order valence-electron chi connectivity index (χ0n) is 7.54. The third kappa shape index (κ3) is 1.95. The third-order valence-electron chi connectivity index (χ3n) is 1.78. The predicted molar refractivity (Wildman–Crippen MR) is 55.0 cm³/mol. The van der Waals surface area contributed by atoms with Gasteiger partial charge in [0.1, 0.15) is 0 Å². The maximum atomic E-state index is 9.46. The lowest BCUT2D eigenvalue weighted by Gasteiger charge is -2.14. The molecule has 0 amide bonds. The van der Waals surface area contributed by atoms with E-state index in [-0.39, 0.29) is 11.8 Å². The number of phenolic OH excluding ortho intramolecular Hbond substituents is 1. The van der Waals surface area contributed by atoms with E-state index in [0.717, 1.165) is 10.0 Å². The molecule has 0 aliphatic rings. The van der Waals surface area contributed by atoms with Crippen LogP contribution in [-0.2, 0) is 0 Å². The smallest absolute Gasteiger partial charge is 0.166 e. The molecule has 0 aliphatic heterocycles.